The molecule has 1 aliphatic rings. The molecular weight excluding hydrogens is 224 g/mol. The molecule has 1 heterocycles. The van der Waals surface area contributed by atoms with Gasteiger partial charge in [-0.2, -0.15) is 0 Å². The molecule has 0 unspecified atom stereocenters. The zero-order valence-corrected chi connectivity index (χ0v) is 10.9. The molecule has 6 nitrogen and oxygen atoms in total. The number of oxime groups is 1. The average molecular weight is 244 g/mol. The van der Waals surface area contributed by atoms with Gasteiger partial charge in [0.05, 0.1) is 12.8 Å². The number of amides is 1. The Bertz CT molecular complexity index is 320. The van der Waals surface area contributed by atoms with Gasteiger partial charge in [0.15, 0.2) is 0 Å². The summed E-state index contributed by atoms with van der Waals surface area (Å²) >= 11 is 0. The van der Waals surface area contributed by atoms with Crippen LogP contribution in [0.25, 0.3) is 0 Å². The third-order valence-corrected chi connectivity index (χ3v) is 2.35. The molecule has 0 aliphatic carbocycles. The first-order valence-corrected chi connectivity index (χ1v) is 5.51. The standard InChI is InChI=1S/C11H20N2O4/c1-10(2,3)17-9(14)13-8(6-12-15)7-16-11(13,4)5/h6,8,15H,7H2,1-5H3/b12-6+/t8-/m1/s1. The van der Waals surface area contributed by atoms with E-state index in [0.29, 0.717) is 0 Å². The maximum Gasteiger partial charge on any atom is 0.413 e. The van der Waals surface area contributed by atoms with E-state index in [4.69, 9.17) is 14.7 Å². The molecule has 0 aromatic heterocycles. The molecular formula is C11H20N2O4. The molecule has 1 amide bonds. The summed E-state index contributed by atoms with van der Waals surface area (Å²) in [5.74, 6) is 0. The second-order valence-corrected chi connectivity index (χ2v) is 5.44. The van der Waals surface area contributed by atoms with Crippen LogP contribution in [0.2, 0.25) is 0 Å². The van der Waals surface area contributed by atoms with Crippen molar-refractivity contribution in [2.75, 3.05) is 6.61 Å². The SMILES string of the molecule is CC(C)(C)OC(=O)N1[C@H](/C=N/O)COC1(C)C. The van der Waals surface area contributed by atoms with E-state index >= 15 is 0 Å². The van der Waals surface area contributed by atoms with E-state index in [-0.39, 0.29) is 6.61 Å². The highest BCUT2D eigenvalue weighted by Gasteiger charge is 2.45. The van der Waals surface area contributed by atoms with Crippen molar-refractivity contribution in [2.24, 2.45) is 5.16 Å². The lowest BCUT2D eigenvalue weighted by Gasteiger charge is -2.33. The number of ether oxygens (including phenoxy) is 2. The van der Waals surface area contributed by atoms with E-state index in [1.807, 2.05) is 0 Å². The second-order valence-electron chi connectivity index (χ2n) is 5.44. The third kappa shape index (κ3) is 3.33. The van der Waals surface area contributed by atoms with Crippen LogP contribution >= 0.6 is 0 Å². The van der Waals surface area contributed by atoms with Gasteiger partial charge in [0, 0.05) is 0 Å². The lowest BCUT2D eigenvalue weighted by atomic mass is 10.2. The van der Waals surface area contributed by atoms with Crippen LogP contribution in [0.15, 0.2) is 5.16 Å². The van der Waals surface area contributed by atoms with Crippen LogP contribution in [0, 0.1) is 0 Å². The lowest BCUT2D eigenvalue weighted by molar-refractivity contribution is -0.0604. The molecule has 0 spiro atoms. The van der Waals surface area contributed by atoms with Gasteiger partial charge >= 0.3 is 6.09 Å². The fourth-order valence-electron chi connectivity index (χ4n) is 1.69. The number of nitrogens with zero attached hydrogens (tertiary/aromatic N) is 2. The summed E-state index contributed by atoms with van der Waals surface area (Å²) in [6, 6.07) is -0.412. The van der Waals surface area contributed by atoms with Gasteiger partial charge in [-0.3, -0.25) is 4.90 Å². The Morgan fingerprint density at radius 1 is 1.59 bits per heavy atom. The minimum Gasteiger partial charge on any atom is -0.444 e. The number of hydrogen-bond acceptors (Lipinski definition) is 5. The van der Waals surface area contributed by atoms with E-state index in [2.05, 4.69) is 5.16 Å². The van der Waals surface area contributed by atoms with Crippen LogP contribution in [0.4, 0.5) is 4.79 Å². The van der Waals surface area contributed by atoms with Crippen LogP contribution in [0.5, 0.6) is 0 Å². The van der Waals surface area contributed by atoms with E-state index in [1.54, 1.807) is 34.6 Å². The average Bonchev–Trinajstić information content (AvgIpc) is 2.39. The summed E-state index contributed by atoms with van der Waals surface area (Å²) < 4.78 is 10.8. The van der Waals surface area contributed by atoms with Crippen LogP contribution in [0.1, 0.15) is 34.6 Å². The molecule has 1 N–H and O–H groups in total. The van der Waals surface area contributed by atoms with E-state index in [1.165, 1.54) is 11.1 Å². The highest BCUT2D eigenvalue weighted by Crippen LogP contribution is 2.28. The normalized spacial score (nSPS) is 24.3. The number of rotatable bonds is 1. The molecule has 17 heavy (non-hydrogen) atoms. The Morgan fingerprint density at radius 3 is 2.65 bits per heavy atom. The highest BCUT2D eigenvalue weighted by molar-refractivity contribution is 5.76. The molecule has 6 heteroatoms. The quantitative estimate of drug-likeness (QED) is 0.434. The van der Waals surface area contributed by atoms with E-state index in [9.17, 15) is 4.79 Å². The molecule has 0 bridgehead atoms. The first kappa shape index (κ1) is 13.8. The van der Waals surface area contributed by atoms with E-state index < -0.39 is 23.5 Å². The summed E-state index contributed by atoms with van der Waals surface area (Å²) in [5, 5.41) is 11.5. The smallest absolute Gasteiger partial charge is 0.413 e. The summed E-state index contributed by atoms with van der Waals surface area (Å²) in [4.78, 5) is 13.5. The Morgan fingerprint density at radius 2 is 2.18 bits per heavy atom. The van der Waals surface area contributed by atoms with Crippen molar-refractivity contribution >= 4 is 12.3 Å². The summed E-state index contributed by atoms with van der Waals surface area (Å²) in [7, 11) is 0. The highest BCUT2D eigenvalue weighted by atomic mass is 16.6. The first-order valence-electron chi connectivity index (χ1n) is 5.51. The Labute approximate surface area is 101 Å². The van der Waals surface area contributed by atoms with Gasteiger partial charge in [-0.15, -0.1) is 0 Å². The summed E-state index contributed by atoms with van der Waals surface area (Å²) in [6.07, 6.45) is 0.781. The maximum absolute atomic E-state index is 12.0. The van der Waals surface area contributed by atoms with Crippen LogP contribution in [-0.4, -0.2) is 46.4 Å². The summed E-state index contributed by atoms with van der Waals surface area (Å²) in [5.41, 5.74) is -1.34. The fraction of sp³-hybridized carbons (Fsp3) is 0.818. The largest absolute Gasteiger partial charge is 0.444 e. The first-order chi connectivity index (χ1) is 7.67. The number of hydrogen-bond donors (Lipinski definition) is 1. The van der Waals surface area contributed by atoms with Crippen LogP contribution in [0.3, 0.4) is 0 Å². The monoisotopic (exact) mass is 244 g/mol. The number of carbonyl (C=O) groups is 1. The number of carbonyl (C=O) groups excluding carboxylic acids is 1. The zero-order valence-electron chi connectivity index (χ0n) is 10.9. The van der Waals surface area contributed by atoms with Crippen molar-refractivity contribution < 1.29 is 19.5 Å². The van der Waals surface area contributed by atoms with Crippen molar-refractivity contribution in [3.05, 3.63) is 0 Å². The lowest BCUT2D eigenvalue weighted by Crippen LogP contribution is -2.50. The van der Waals surface area contributed by atoms with Crippen molar-refractivity contribution in [3.63, 3.8) is 0 Å². The van der Waals surface area contributed by atoms with Gasteiger partial charge in [0.2, 0.25) is 0 Å². The molecule has 1 rings (SSSR count). The molecule has 1 saturated heterocycles. The molecule has 1 atom stereocenters. The molecule has 0 aromatic rings. The van der Waals surface area contributed by atoms with Crippen LogP contribution in [-0.2, 0) is 9.47 Å². The second kappa shape index (κ2) is 4.52. The Balaban J connectivity index is 2.86. The van der Waals surface area contributed by atoms with Gasteiger partial charge in [-0.05, 0) is 34.6 Å². The zero-order chi connectivity index (χ0) is 13.3. The van der Waals surface area contributed by atoms with Gasteiger partial charge in [0.25, 0.3) is 0 Å². The van der Waals surface area contributed by atoms with Gasteiger partial charge in [0.1, 0.15) is 17.4 Å². The van der Waals surface area contributed by atoms with Gasteiger partial charge in [-0.1, -0.05) is 5.16 Å². The van der Waals surface area contributed by atoms with Crippen molar-refractivity contribution in [2.45, 2.75) is 52.0 Å². The topological polar surface area (TPSA) is 71.4 Å². The molecule has 98 valence electrons. The minimum atomic E-state index is -0.770. The van der Waals surface area contributed by atoms with E-state index in [0.717, 1.165) is 0 Å². The van der Waals surface area contributed by atoms with Gasteiger partial charge < -0.3 is 14.7 Å². The van der Waals surface area contributed by atoms with Crippen molar-refractivity contribution in [3.8, 4) is 0 Å². The molecule has 0 radical (unpaired) electrons. The Hall–Kier alpha value is -1.30. The molecule has 1 fully saturated rings. The predicted molar refractivity (Wildman–Crippen MR) is 62.2 cm³/mol. The minimum absolute atomic E-state index is 0.288. The van der Waals surface area contributed by atoms with Crippen LogP contribution < -0.4 is 0 Å². The van der Waals surface area contributed by atoms with Gasteiger partial charge in [-0.25, -0.2) is 4.79 Å². The predicted octanol–water partition coefficient (Wildman–Crippen LogP) is 1.82. The molecule has 1 aliphatic heterocycles. The Kier molecular flexibility index (Phi) is 3.66. The van der Waals surface area contributed by atoms with Crippen molar-refractivity contribution in [1.82, 2.24) is 4.90 Å². The van der Waals surface area contributed by atoms with Crippen molar-refractivity contribution in [1.29, 1.82) is 0 Å². The maximum atomic E-state index is 12.0. The molecule has 0 aromatic carbocycles. The summed E-state index contributed by atoms with van der Waals surface area (Å²) in [6.45, 7) is 9.21. The fourth-order valence-corrected chi connectivity index (χ4v) is 1.69. The molecule has 0 saturated carbocycles. The third-order valence-electron chi connectivity index (χ3n) is 2.35.